The minimum absolute atomic E-state index is 0.0451. The van der Waals surface area contributed by atoms with Gasteiger partial charge in [-0.1, -0.05) is 29.8 Å². The molecule has 0 amide bonds. The highest BCUT2D eigenvalue weighted by atomic mass is 16.7. The van der Waals surface area contributed by atoms with Crippen LogP contribution in [0, 0.1) is 6.92 Å². The lowest BCUT2D eigenvalue weighted by Gasteiger charge is -2.32. The van der Waals surface area contributed by atoms with Crippen molar-refractivity contribution in [2.75, 3.05) is 0 Å². The standard InChI is InChI=1S/C16H23BO2/c1-11-6-8-12(9-7-11)13-10-14(13)17-18-15(2,3)16(4,5)19-17/h6-9,13-14H,10H2,1-5H3/t13-,14+/m1/s1. The molecular formula is C16H23BO2. The van der Waals surface area contributed by atoms with E-state index in [0.717, 1.165) is 0 Å². The first kappa shape index (κ1) is 13.2. The van der Waals surface area contributed by atoms with Gasteiger partial charge in [-0.15, -0.1) is 0 Å². The Labute approximate surface area is 116 Å². The first-order valence-corrected chi connectivity index (χ1v) is 7.22. The maximum Gasteiger partial charge on any atom is 0.461 e. The quantitative estimate of drug-likeness (QED) is 0.748. The first-order chi connectivity index (χ1) is 8.80. The topological polar surface area (TPSA) is 18.5 Å². The van der Waals surface area contributed by atoms with Crippen molar-refractivity contribution in [2.24, 2.45) is 0 Å². The Hall–Kier alpha value is -0.795. The molecule has 2 nitrogen and oxygen atoms in total. The van der Waals surface area contributed by atoms with Gasteiger partial charge in [0.2, 0.25) is 0 Å². The third-order valence-corrected chi connectivity index (χ3v) is 4.97. The SMILES string of the molecule is Cc1ccc([C@H]2C[C@@H]2B2OC(C)(C)C(C)(C)O2)cc1. The summed E-state index contributed by atoms with van der Waals surface area (Å²) in [7, 11) is -0.0451. The van der Waals surface area contributed by atoms with Crippen LogP contribution in [0.3, 0.4) is 0 Å². The van der Waals surface area contributed by atoms with Gasteiger partial charge in [-0.2, -0.15) is 0 Å². The lowest BCUT2D eigenvalue weighted by Crippen LogP contribution is -2.41. The van der Waals surface area contributed by atoms with E-state index < -0.39 is 0 Å². The molecule has 3 heteroatoms. The largest absolute Gasteiger partial charge is 0.461 e. The Bertz CT molecular complexity index is 462. The average molecular weight is 258 g/mol. The van der Waals surface area contributed by atoms with E-state index in [9.17, 15) is 0 Å². The summed E-state index contributed by atoms with van der Waals surface area (Å²) in [5.41, 5.74) is 2.32. The number of rotatable bonds is 2. The molecule has 1 aliphatic heterocycles. The van der Waals surface area contributed by atoms with E-state index in [1.54, 1.807) is 0 Å². The molecule has 0 spiro atoms. The van der Waals surface area contributed by atoms with Crippen LogP contribution < -0.4 is 0 Å². The monoisotopic (exact) mass is 258 g/mol. The summed E-state index contributed by atoms with van der Waals surface area (Å²) in [6.07, 6.45) is 1.18. The third-order valence-electron chi connectivity index (χ3n) is 4.97. The van der Waals surface area contributed by atoms with Crippen LogP contribution in [0.15, 0.2) is 24.3 Å². The van der Waals surface area contributed by atoms with Gasteiger partial charge in [0, 0.05) is 5.82 Å². The van der Waals surface area contributed by atoms with E-state index in [0.29, 0.717) is 11.7 Å². The van der Waals surface area contributed by atoms with Crippen LogP contribution in [0.1, 0.15) is 51.2 Å². The smallest absolute Gasteiger partial charge is 0.403 e. The molecule has 2 fully saturated rings. The zero-order valence-corrected chi connectivity index (χ0v) is 12.6. The Balaban J connectivity index is 1.70. The zero-order valence-electron chi connectivity index (χ0n) is 12.6. The van der Waals surface area contributed by atoms with Gasteiger partial charge in [0.25, 0.3) is 0 Å². The predicted molar refractivity (Wildman–Crippen MR) is 78.4 cm³/mol. The molecule has 1 saturated heterocycles. The summed E-state index contributed by atoms with van der Waals surface area (Å²) >= 11 is 0. The van der Waals surface area contributed by atoms with E-state index in [4.69, 9.17) is 9.31 Å². The van der Waals surface area contributed by atoms with Crippen molar-refractivity contribution >= 4 is 7.12 Å². The molecule has 0 radical (unpaired) electrons. The maximum absolute atomic E-state index is 6.14. The molecule has 1 heterocycles. The Morgan fingerprint density at radius 2 is 1.53 bits per heavy atom. The highest BCUT2D eigenvalue weighted by Gasteiger charge is 2.59. The second-order valence-corrected chi connectivity index (χ2v) is 7.04. The van der Waals surface area contributed by atoms with Gasteiger partial charge in [0.05, 0.1) is 11.2 Å². The number of hydrogen-bond donors (Lipinski definition) is 0. The van der Waals surface area contributed by atoms with Crippen LogP contribution in [0.25, 0.3) is 0 Å². The molecule has 0 unspecified atom stereocenters. The zero-order chi connectivity index (χ0) is 13.8. The van der Waals surface area contributed by atoms with Crippen molar-refractivity contribution in [2.45, 2.75) is 64.0 Å². The van der Waals surface area contributed by atoms with Crippen molar-refractivity contribution in [1.29, 1.82) is 0 Å². The summed E-state index contributed by atoms with van der Waals surface area (Å²) < 4.78 is 12.3. The normalized spacial score (nSPS) is 31.5. The van der Waals surface area contributed by atoms with Crippen LogP contribution >= 0.6 is 0 Å². The minimum Gasteiger partial charge on any atom is -0.403 e. The number of benzene rings is 1. The average Bonchev–Trinajstić information content (AvgIpc) is 3.04. The van der Waals surface area contributed by atoms with Crippen molar-refractivity contribution in [3.63, 3.8) is 0 Å². The summed E-state index contributed by atoms with van der Waals surface area (Å²) in [4.78, 5) is 0. The highest BCUT2D eigenvalue weighted by molar-refractivity contribution is 6.49. The third kappa shape index (κ3) is 2.23. The first-order valence-electron chi connectivity index (χ1n) is 7.22. The summed E-state index contributed by atoms with van der Waals surface area (Å²) in [5.74, 6) is 1.12. The lowest BCUT2D eigenvalue weighted by molar-refractivity contribution is 0.00578. The Morgan fingerprint density at radius 3 is 2.05 bits per heavy atom. The Morgan fingerprint density at radius 1 is 1.00 bits per heavy atom. The van der Waals surface area contributed by atoms with Gasteiger partial charge < -0.3 is 9.31 Å². The van der Waals surface area contributed by atoms with E-state index in [1.807, 2.05) is 0 Å². The molecule has 2 atom stereocenters. The maximum atomic E-state index is 6.14. The van der Waals surface area contributed by atoms with Crippen LogP contribution in [0.5, 0.6) is 0 Å². The van der Waals surface area contributed by atoms with Crippen LogP contribution in [-0.2, 0) is 9.31 Å². The molecule has 2 aliphatic rings. The fourth-order valence-electron chi connectivity index (χ4n) is 2.78. The molecule has 19 heavy (non-hydrogen) atoms. The molecule has 1 aliphatic carbocycles. The van der Waals surface area contributed by atoms with Gasteiger partial charge in [0.15, 0.2) is 0 Å². The fourth-order valence-corrected chi connectivity index (χ4v) is 2.78. The molecule has 1 aromatic carbocycles. The lowest BCUT2D eigenvalue weighted by atomic mass is 9.79. The molecule has 0 bridgehead atoms. The number of hydrogen-bond acceptors (Lipinski definition) is 2. The summed E-state index contributed by atoms with van der Waals surface area (Å²) in [6, 6.07) is 8.86. The molecular weight excluding hydrogens is 235 g/mol. The van der Waals surface area contributed by atoms with E-state index >= 15 is 0 Å². The van der Waals surface area contributed by atoms with Crippen LogP contribution in [0.2, 0.25) is 5.82 Å². The second-order valence-electron chi connectivity index (χ2n) is 7.04. The van der Waals surface area contributed by atoms with Crippen molar-refractivity contribution in [3.8, 4) is 0 Å². The van der Waals surface area contributed by atoms with Crippen molar-refractivity contribution in [3.05, 3.63) is 35.4 Å². The van der Waals surface area contributed by atoms with E-state index in [1.165, 1.54) is 17.5 Å². The molecule has 1 saturated carbocycles. The Kier molecular flexibility index (Phi) is 2.85. The molecule has 102 valence electrons. The van der Waals surface area contributed by atoms with Crippen molar-refractivity contribution < 1.29 is 9.31 Å². The molecule has 3 rings (SSSR count). The van der Waals surface area contributed by atoms with Gasteiger partial charge in [-0.05, 0) is 52.5 Å². The van der Waals surface area contributed by atoms with Crippen LogP contribution in [-0.4, -0.2) is 18.3 Å². The summed E-state index contributed by atoms with van der Waals surface area (Å²) in [5, 5.41) is 0. The van der Waals surface area contributed by atoms with Gasteiger partial charge in [-0.25, -0.2) is 0 Å². The van der Waals surface area contributed by atoms with Gasteiger partial charge in [-0.3, -0.25) is 0 Å². The summed E-state index contributed by atoms with van der Waals surface area (Å²) in [6.45, 7) is 10.6. The molecule has 0 N–H and O–H groups in total. The van der Waals surface area contributed by atoms with Gasteiger partial charge in [0.1, 0.15) is 0 Å². The van der Waals surface area contributed by atoms with Crippen LogP contribution in [0.4, 0.5) is 0 Å². The minimum atomic E-state index is -0.210. The van der Waals surface area contributed by atoms with E-state index in [-0.39, 0.29) is 18.3 Å². The van der Waals surface area contributed by atoms with Gasteiger partial charge >= 0.3 is 7.12 Å². The molecule has 1 aromatic rings. The molecule has 0 aromatic heterocycles. The predicted octanol–water partition coefficient (Wildman–Crippen LogP) is 3.94. The fraction of sp³-hybridized carbons (Fsp3) is 0.625. The number of aryl methyl sites for hydroxylation is 1. The highest BCUT2D eigenvalue weighted by Crippen LogP contribution is 2.58. The van der Waals surface area contributed by atoms with Crippen molar-refractivity contribution in [1.82, 2.24) is 0 Å². The van der Waals surface area contributed by atoms with E-state index in [2.05, 4.69) is 58.9 Å². The second kappa shape index (κ2) is 4.10.